The smallest absolute Gasteiger partial charge is 0.255 e. The molecule has 1 amide bonds. The number of hydrogen-bond donors (Lipinski definition) is 1. The van der Waals surface area contributed by atoms with Crippen LogP contribution in [0.2, 0.25) is 0 Å². The number of benzene rings is 4. The fourth-order valence-corrected chi connectivity index (χ4v) is 3.90. The second kappa shape index (κ2) is 11.5. The summed E-state index contributed by atoms with van der Waals surface area (Å²) < 4.78 is 18.0. The van der Waals surface area contributed by atoms with E-state index in [-0.39, 0.29) is 12.5 Å². The molecule has 5 nitrogen and oxygen atoms in total. The van der Waals surface area contributed by atoms with Crippen LogP contribution in [-0.4, -0.2) is 12.5 Å². The average molecular weight is 482 g/mol. The van der Waals surface area contributed by atoms with Crippen molar-refractivity contribution in [3.63, 3.8) is 0 Å². The minimum Gasteiger partial charge on any atom is -0.493 e. The van der Waals surface area contributed by atoms with Crippen LogP contribution in [0.5, 0.6) is 23.0 Å². The first kappa shape index (κ1) is 24.9. The quantitative estimate of drug-likeness (QED) is 0.267. The van der Waals surface area contributed by atoms with Gasteiger partial charge in [0, 0.05) is 11.1 Å². The zero-order valence-electron chi connectivity index (χ0n) is 21.1. The first-order valence-corrected chi connectivity index (χ1v) is 12.0. The Labute approximate surface area is 212 Å². The summed E-state index contributed by atoms with van der Waals surface area (Å²) in [5.74, 6) is 2.55. The lowest BCUT2D eigenvalue weighted by Crippen LogP contribution is -2.13. The number of hydrogen-bond acceptors (Lipinski definition) is 4. The maximum Gasteiger partial charge on any atom is 0.255 e. The van der Waals surface area contributed by atoms with Crippen LogP contribution in [0.1, 0.15) is 39.5 Å². The van der Waals surface area contributed by atoms with Crippen molar-refractivity contribution in [1.82, 2.24) is 0 Å². The molecule has 1 N–H and O–H groups in total. The first-order chi connectivity index (χ1) is 17.4. The molecule has 4 rings (SSSR count). The summed E-state index contributed by atoms with van der Waals surface area (Å²) >= 11 is 0. The van der Waals surface area contributed by atoms with Gasteiger partial charge in [-0.1, -0.05) is 36.4 Å². The minimum atomic E-state index is -0.244. The van der Waals surface area contributed by atoms with Crippen LogP contribution >= 0.6 is 0 Å². The van der Waals surface area contributed by atoms with Gasteiger partial charge in [-0.15, -0.1) is 0 Å². The second-order valence-corrected chi connectivity index (χ2v) is 8.61. The van der Waals surface area contributed by atoms with Crippen LogP contribution in [0.25, 0.3) is 0 Å². The van der Waals surface area contributed by atoms with Crippen LogP contribution in [0.3, 0.4) is 0 Å². The third-order valence-electron chi connectivity index (χ3n) is 5.88. The Bertz CT molecular complexity index is 1350. The van der Waals surface area contributed by atoms with Gasteiger partial charge in [0.05, 0.1) is 12.3 Å². The number of carbonyl (C=O) groups is 1. The van der Waals surface area contributed by atoms with Crippen LogP contribution in [-0.2, 0) is 6.61 Å². The van der Waals surface area contributed by atoms with Gasteiger partial charge in [-0.25, -0.2) is 0 Å². The number of carbonyl (C=O) groups excluding carboxylic acids is 1. The van der Waals surface area contributed by atoms with Crippen molar-refractivity contribution in [1.29, 1.82) is 0 Å². The van der Waals surface area contributed by atoms with Crippen molar-refractivity contribution in [2.75, 3.05) is 11.9 Å². The second-order valence-electron chi connectivity index (χ2n) is 8.61. The summed E-state index contributed by atoms with van der Waals surface area (Å²) in [5, 5.41) is 2.98. The normalized spacial score (nSPS) is 10.6. The highest BCUT2D eigenvalue weighted by molar-refractivity contribution is 6.05. The molecule has 4 aromatic rings. The van der Waals surface area contributed by atoms with Crippen LogP contribution in [0, 0.1) is 20.8 Å². The third-order valence-corrected chi connectivity index (χ3v) is 5.88. The zero-order valence-corrected chi connectivity index (χ0v) is 21.1. The van der Waals surface area contributed by atoms with Gasteiger partial charge in [0.1, 0.15) is 23.9 Å². The van der Waals surface area contributed by atoms with E-state index < -0.39 is 0 Å². The molecule has 184 valence electrons. The average Bonchev–Trinajstić information content (AvgIpc) is 2.88. The fraction of sp³-hybridized carbons (Fsp3) is 0.194. The molecule has 0 atom stereocenters. The fourth-order valence-electron chi connectivity index (χ4n) is 3.90. The number of amides is 1. The van der Waals surface area contributed by atoms with E-state index >= 15 is 0 Å². The van der Waals surface area contributed by atoms with Gasteiger partial charge in [0.15, 0.2) is 5.75 Å². The standard InChI is InChI=1S/C31H31NO4/c1-5-34-28-16-15-24(19-25(28)20-35-30-18-21(2)17-22(3)23(30)4)31(33)32-27-13-9-10-14-29(27)36-26-11-7-6-8-12-26/h6-19H,5,20H2,1-4H3,(H,32,33). The Morgan fingerprint density at radius 2 is 1.53 bits per heavy atom. The highest BCUT2D eigenvalue weighted by atomic mass is 16.5. The molecule has 36 heavy (non-hydrogen) atoms. The van der Waals surface area contributed by atoms with Gasteiger partial charge in [0.2, 0.25) is 0 Å². The molecular formula is C31H31NO4. The van der Waals surface area contributed by atoms with Gasteiger partial charge >= 0.3 is 0 Å². The van der Waals surface area contributed by atoms with Crippen molar-refractivity contribution < 1.29 is 19.0 Å². The van der Waals surface area contributed by atoms with Crippen LogP contribution in [0.15, 0.2) is 84.9 Å². The lowest BCUT2D eigenvalue weighted by Gasteiger charge is -2.16. The maximum atomic E-state index is 13.2. The number of anilines is 1. The van der Waals surface area contributed by atoms with Crippen molar-refractivity contribution in [2.24, 2.45) is 0 Å². The van der Waals surface area contributed by atoms with Gasteiger partial charge in [-0.2, -0.15) is 0 Å². The molecule has 0 aliphatic rings. The third kappa shape index (κ3) is 6.05. The molecule has 0 spiro atoms. The van der Waals surface area contributed by atoms with Gasteiger partial charge in [-0.3, -0.25) is 4.79 Å². The van der Waals surface area contributed by atoms with E-state index in [1.165, 1.54) is 5.56 Å². The molecule has 0 saturated carbocycles. The predicted molar refractivity (Wildman–Crippen MR) is 144 cm³/mol. The largest absolute Gasteiger partial charge is 0.493 e. The molecule has 0 radical (unpaired) electrons. The van der Waals surface area contributed by atoms with E-state index in [4.69, 9.17) is 14.2 Å². The highest BCUT2D eigenvalue weighted by Crippen LogP contribution is 2.31. The summed E-state index contributed by atoms with van der Waals surface area (Å²) in [4.78, 5) is 13.2. The van der Waals surface area contributed by atoms with Gasteiger partial charge in [0.25, 0.3) is 5.91 Å². The molecule has 0 unspecified atom stereocenters. The molecule has 0 aliphatic carbocycles. The molecule has 4 aromatic carbocycles. The van der Waals surface area contributed by atoms with Crippen LogP contribution in [0.4, 0.5) is 5.69 Å². The summed E-state index contributed by atoms with van der Waals surface area (Å²) in [6.45, 7) is 8.91. The zero-order chi connectivity index (χ0) is 25.5. The Morgan fingerprint density at radius 3 is 2.31 bits per heavy atom. The lowest BCUT2D eigenvalue weighted by atomic mass is 10.1. The molecule has 0 fully saturated rings. The molecule has 0 saturated heterocycles. The molecule has 0 bridgehead atoms. The Hall–Kier alpha value is -4.25. The van der Waals surface area contributed by atoms with E-state index in [9.17, 15) is 4.79 Å². The summed E-state index contributed by atoms with van der Waals surface area (Å²) in [6, 6.07) is 26.4. The van der Waals surface area contributed by atoms with Crippen molar-refractivity contribution >= 4 is 11.6 Å². The van der Waals surface area contributed by atoms with E-state index in [0.717, 1.165) is 22.4 Å². The summed E-state index contributed by atoms with van der Waals surface area (Å²) in [5.41, 5.74) is 5.31. The Morgan fingerprint density at radius 1 is 0.778 bits per heavy atom. The number of para-hydroxylation sites is 3. The first-order valence-electron chi connectivity index (χ1n) is 12.0. The van der Waals surface area contributed by atoms with Crippen molar-refractivity contribution in [2.45, 2.75) is 34.3 Å². The number of nitrogens with one attached hydrogen (secondary N) is 1. The number of rotatable bonds is 9. The number of aryl methyl sites for hydroxylation is 2. The molecule has 0 heterocycles. The predicted octanol–water partition coefficient (Wildman–Crippen LogP) is 7.63. The Kier molecular flexibility index (Phi) is 7.91. The summed E-state index contributed by atoms with van der Waals surface area (Å²) in [7, 11) is 0. The Balaban J connectivity index is 1.55. The maximum absolute atomic E-state index is 13.2. The highest BCUT2D eigenvalue weighted by Gasteiger charge is 2.15. The molecule has 5 heteroatoms. The van der Waals surface area contributed by atoms with E-state index in [1.54, 1.807) is 6.07 Å². The SMILES string of the molecule is CCOc1ccc(C(=O)Nc2ccccc2Oc2ccccc2)cc1COc1cc(C)cc(C)c1C. The topological polar surface area (TPSA) is 56.8 Å². The van der Waals surface area contributed by atoms with E-state index in [1.807, 2.05) is 86.6 Å². The molecule has 0 aromatic heterocycles. The van der Waals surface area contributed by atoms with Crippen molar-refractivity contribution in [3.05, 3.63) is 113 Å². The monoisotopic (exact) mass is 481 g/mol. The lowest BCUT2D eigenvalue weighted by molar-refractivity contribution is 0.102. The van der Waals surface area contributed by atoms with Gasteiger partial charge < -0.3 is 19.5 Å². The number of ether oxygens (including phenoxy) is 3. The van der Waals surface area contributed by atoms with Crippen molar-refractivity contribution in [3.8, 4) is 23.0 Å². The minimum absolute atomic E-state index is 0.244. The molecule has 0 aliphatic heterocycles. The van der Waals surface area contributed by atoms with Gasteiger partial charge in [-0.05, 0) is 92.9 Å². The van der Waals surface area contributed by atoms with Crippen LogP contribution < -0.4 is 19.5 Å². The van der Waals surface area contributed by atoms with E-state index in [2.05, 4.69) is 25.2 Å². The van der Waals surface area contributed by atoms with E-state index in [0.29, 0.717) is 35.1 Å². The summed E-state index contributed by atoms with van der Waals surface area (Å²) in [6.07, 6.45) is 0. The molecular weight excluding hydrogens is 450 g/mol.